The van der Waals surface area contributed by atoms with E-state index in [1.807, 2.05) is 12.1 Å². The van der Waals surface area contributed by atoms with Crippen LogP contribution in [0.25, 0.3) is 22.2 Å². The van der Waals surface area contributed by atoms with Crippen LogP contribution in [0.1, 0.15) is 12.8 Å². The van der Waals surface area contributed by atoms with Crippen LogP contribution in [0.4, 0.5) is 5.95 Å². The molecule has 0 amide bonds. The van der Waals surface area contributed by atoms with Gasteiger partial charge in [-0.2, -0.15) is 0 Å². The molecule has 0 radical (unpaired) electrons. The molecular formula is C20H20ClN3O4. The van der Waals surface area contributed by atoms with Crippen molar-refractivity contribution in [3.63, 3.8) is 0 Å². The number of hydrogen-bond donors (Lipinski definition) is 1. The van der Waals surface area contributed by atoms with E-state index in [9.17, 15) is 4.79 Å². The molecule has 2 aromatic carbocycles. The second-order valence-electron chi connectivity index (χ2n) is 5.99. The fourth-order valence-electron chi connectivity index (χ4n) is 2.78. The number of nitrogens with two attached hydrogens (primary N) is 1. The van der Waals surface area contributed by atoms with Gasteiger partial charge in [-0.05, 0) is 42.8 Å². The highest BCUT2D eigenvalue weighted by Gasteiger charge is 2.13. The number of aromatic nitrogens is 2. The minimum absolute atomic E-state index is 0.168. The third-order valence-corrected chi connectivity index (χ3v) is 4.36. The van der Waals surface area contributed by atoms with E-state index < -0.39 is 0 Å². The number of nitrogen functional groups attached to an aromatic ring is 1. The number of carbonyl (C=O) groups excluding carboxylic acids is 1. The van der Waals surface area contributed by atoms with Gasteiger partial charge in [-0.25, -0.2) is 9.97 Å². The summed E-state index contributed by atoms with van der Waals surface area (Å²) in [7, 11) is 2.92. The normalized spacial score (nSPS) is 10.7. The van der Waals surface area contributed by atoms with Crippen molar-refractivity contribution in [2.24, 2.45) is 0 Å². The predicted octanol–water partition coefficient (Wildman–Crippen LogP) is 3.87. The Balaban J connectivity index is 1.94. The van der Waals surface area contributed by atoms with Crippen LogP contribution in [-0.4, -0.2) is 36.8 Å². The van der Waals surface area contributed by atoms with Gasteiger partial charge in [0.1, 0.15) is 0 Å². The van der Waals surface area contributed by atoms with Crippen LogP contribution >= 0.6 is 11.6 Å². The Morgan fingerprint density at radius 2 is 1.93 bits per heavy atom. The highest BCUT2D eigenvalue weighted by atomic mass is 35.5. The van der Waals surface area contributed by atoms with Crippen molar-refractivity contribution in [2.45, 2.75) is 12.8 Å². The lowest BCUT2D eigenvalue weighted by Crippen LogP contribution is -2.05. The molecule has 1 aromatic heterocycles. The molecule has 3 aromatic rings. The van der Waals surface area contributed by atoms with E-state index >= 15 is 0 Å². The van der Waals surface area contributed by atoms with Gasteiger partial charge in [-0.15, -0.1) is 0 Å². The van der Waals surface area contributed by atoms with Crippen LogP contribution in [0.15, 0.2) is 36.4 Å². The first kappa shape index (κ1) is 19.7. The number of esters is 1. The lowest BCUT2D eigenvalue weighted by molar-refractivity contribution is -0.140. The molecule has 1 heterocycles. The van der Waals surface area contributed by atoms with Gasteiger partial charge < -0.3 is 19.9 Å². The molecule has 0 saturated carbocycles. The van der Waals surface area contributed by atoms with E-state index in [1.165, 1.54) is 7.11 Å². The predicted molar refractivity (Wildman–Crippen MR) is 108 cm³/mol. The first-order valence-electron chi connectivity index (χ1n) is 8.62. The van der Waals surface area contributed by atoms with Gasteiger partial charge in [0.15, 0.2) is 11.5 Å². The van der Waals surface area contributed by atoms with Gasteiger partial charge in [0.05, 0.1) is 32.0 Å². The summed E-state index contributed by atoms with van der Waals surface area (Å²) in [5.41, 5.74) is 8.00. The number of hydrogen-bond acceptors (Lipinski definition) is 7. The Bertz CT molecular complexity index is 1010. The van der Waals surface area contributed by atoms with Crippen LogP contribution in [0.5, 0.6) is 11.5 Å². The largest absolute Gasteiger partial charge is 0.493 e. The number of fused-ring (bicyclic) bond motifs is 1. The van der Waals surface area contributed by atoms with Crippen molar-refractivity contribution in [1.29, 1.82) is 0 Å². The van der Waals surface area contributed by atoms with Gasteiger partial charge in [-0.3, -0.25) is 4.79 Å². The number of anilines is 1. The Hall–Kier alpha value is -3.06. The molecule has 28 heavy (non-hydrogen) atoms. The van der Waals surface area contributed by atoms with Gasteiger partial charge in [0.25, 0.3) is 0 Å². The molecule has 7 nitrogen and oxygen atoms in total. The molecule has 0 aliphatic rings. The van der Waals surface area contributed by atoms with Crippen LogP contribution in [-0.2, 0) is 9.53 Å². The smallest absolute Gasteiger partial charge is 0.305 e. The molecule has 2 N–H and O–H groups in total. The molecular weight excluding hydrogens is 382 g/mol. The molecule has 3 rings (SSSR count). The standard InChI is InChI=1S/C20H20ClN3O4/c1-26-16-8-5-12(10-17(16)28-9-3-4-18(25)27-2)19-14-11-13(21)6-7-15(14)23-20(22)24-19/h5-8,10-11H,3-4,9H2,1-2H3,(H2,22,23,24). The zero-order valence-electron chi connectivity index (χ0n) is 15.6. The Kier molecular flexibility index (Phi) is 6.16. The third kappa shape index (κ3) is 4.43. The van der Waals surface area contributed by atoms with Crippen LogP contribution < -0.4 is 15.2 Å². The minimum Gasteiger partial charge on any atom is -0.493 e. The second-order valence-corrected chi connectivity index (χ2v) is 6.42. The average Bonchev–Trinajstić information content (AvgIpc) is 2.70. The Morgan fingerprint density at radius 3 is 2.68 bits per heavy atom. The molecule has 0 bridgehead atoms. The molecule has 0 spiro atoms. The van der Waals surface area contributed by atoms with Crippen LogP contribution in [0.2, 0.25) is 5.02 Å². The SMILES string of the molecule is COC(=O)CCCOc1cc(-c2nc(N)nc3ccc(Cl)cc23)ccc1OC. The maximum Gasteiger partial charge on any atom is 0.305 e. The van der Waals surface area contributed by atoms with E-state index in [0.29, 0.717) is 40.8 Å². The van der Waals surface area contributed by atoms with Gasteiger partial charge in [0.2, 0.25) is 5.95 Å². The van der Waals surface area contributed by atoms with E-state index in [2.05, 4.69) is 14.7 Å². The molecule has 0 unspecified atom stereocenters. The van der Waals surface area contributed by atoms with Crippen molar-refractivity contribution in [2.75, 3.05) is 26.6 Å². The minimum atomic E-state index is -0.274. The molecule has 0 aliphatic heterocycles. The molecule has 0 aliphatic carbocycles. The van der Waals surface area contributed by atoms with E-state index in [-0.39, 0.29) is 18.3 Å². The highest BCUT2D eigenvalue weighted by Crippen LogP contribution is 2.35. The van der Waals surface area contributed by atoms with E-state index in [1.54, 1.807) is 31.4 Å². The van der Waals surface area contributed by atoms with Gasteiger partial charge in [0, 0.05) is 22.4 Å². The average molecular weight is 402 g/mol. The summed E-state index contributed by atoms with van der Waals surface area (Å²) in [6, 6.07) is 10.8. The summed E-state index contributed by atoms with van der Waals surface area (Å²) in [4.78, 5) is 19.9. The molecule has 0 atom stereocenters. The maximum atomic E-state index is 11.2. The lowest BCUT2D eigenvalue weighted by atomic mass is 10.1. The van der Waals surface area contributed by atoms with Crippen molar-refractivity contribution in [3.8, 4) is 22.8 Å². The summed E-state index contributed by atoms with van der Waals surface area (Å²) < 4.78 is 15.8. The zero-order valence-corrected chi connectivity index (χ0v) is 16.3. The van der Waals surface area contributed by atoms with Crippen molar-refractivity contribution >= 4 is 34.4 Å². The highest BCUT2D eigenvalue weighted by molar-refractivity contribution is 6.31. The number of nitrogens with zero attached hydrogens (tertiary/aromatic N) is 2. The van der Waals surface area contributed by atoms with E-state index in [4.69, 9.17) is 26.8 Å². The Morgan fingerprint density at radius 1 is 1.11 bits per heavy atom. The maximum absolute atomic E-state index is 11.2. The summed E-state index contributed by atoms with van der Waals surface area (Å²) >= 11 is 6.15. The molecule has 8 heteroatoms. The first-order chi connectivity index (χ1) is 13.5. The first-order valence-corrected chi connectivity index (χ1v) is 9.00. The number of methoxy groups -OCH3 is 2. The lowest BCUT2D eigenvalue weighted by Gasteiger charge is -2.13. The van der Waals surface area contributed by atoms with Crippen molar-refractivity contribution in [1.82, 2.24) is 9.97 Å². The van der Waals surface area contributed by atoms with Crippen LogP contribution in [0.3, 0.4) is 0 Å². The van der Waals surface area contributed by atoms with Crippen molar-refractivity contribution < 1.29 is 19.0 Å². The number of benzene rings is 2. The zero-order chi connectivity index (χ0) is 20.1. The van der Waals surface area contributed by atoms with Gasteiger partial charge in [-0.1, -0.05) is 11.6 Å². The monoisotopic (exact) mass is 401 g/mol. The quantitative estimate of drug-likeness (QED) is 0.474. The number of halogens is 1. The van der Waals surface area contributed by atoms with Crippen molar-refractivity contribution in [3.05, 3.63) is 41.4 Å². The number of ether oxygens (including phenoxy) is 3. The van der Waals surface area contributed by atoms with Crippen LogP contribution in [0, 0.1) is 0 Å². The molecule has 146 valence electrons. The topological polar surface area (TPSA) is 96.6 Å². The third-order valence-electron chi connectivity index (χ3n) is 4.12. The molecule has 0 fully saturated rings. The second kappa shape index (κ2) is 8.75. The Labute approximate surface area is 167 Å². The number of carbonyl (C=O) groups is 1. The summed E-state index contributed by atoms with van der Waals surface area (Å²) in [5, 5.41) is 1.36. The summed E-state index contributed by atoms with van der Waals surface area (Å²) in [6.45, 7) is 0.341. The fraction of sp³-hybridized carbons (Fsp3) is 0.250. The number of rotatable bonds is 7. The summed E-state index contributed by atoms with van der Waals surface area (Å²) in [5.74, 6) is 1.01. The summed E-state index contributed by atoms with van der Waals surface area (Å²) in [6.07, 6.45) is 0.809. The fourth-order valence-corrected chi connectivity index (χ4v) is 2.95. The molecule has 0 saturated heterocycles. The van der Waals surface area contributed by atoms with Gasteiger partial charge >= 0.3 is 5.97 Å². The van der Waals surface area contributed by atoms with E-state index in [0.717, 1.165) is 10.9 Å².